The van der Waals surface area contributed by atoms with E-state index in [0.29, 0.717) is 59.2 Å². The summed E-state index contributed by atoms with van der Waals surface area (Å²) >= 11 is 0. The number of hydrogen-bond donors (Lipinski definition) is 1. The summed E-state index contributed by atoms with van der Waals surface area (Å²) in [6.45, 7) is 14.1. The molecule has 0 saturated heterocycles. The fourth-order valence-electron chi connectivity index (χ4n) is 1.19. The number of rotatable bonds is 16. The van der Waals surface area contributed by atoms with Crippen LogP contribution in [0.25, 0.3) is 0 Å². The Hall–Kier alpha value is -1.02. The predicted octanol–water partition coefficient (Wildman–Crippen LogP) is 1.69. The van der Waals surface area contributed by atoms with E-state index in [1.54, 1.807) is 0 Å². The zero-order valence-electron chi connectivity index (χ0n) is 16.5. The van der Waals surface area contributed by atoms with Gasteiger partial charge in [-0.05, 0) is 5.92 Å². The minimum atomic E-state index is 0.00996. The summed E-state index contributed by atoms with van der Waals surface area (Å²) in [7, 11) is 0. The average Bonchev–Trinajstić information content (AvgIpc) is 2.54. The molecule has 1 N–H and O–H groups in total. The maximum Gasteiger partial charge on any atom is 0.207 e. The summed E-state index contributed by atoms with van der Waals surface area (Å²) in [6.07, 6.45) is 0.639. The zero-order valence-corrected chi connectivity index (χ0v) is 16.5. The van der Waals surface area contributed by atoms with Crippen molar-refractivity contribution in [1.82, 2.24) is 5.32 Å². The Balaban J connectivity index is 0. The number of carbonyl (C=O) groups excluding carboxylic acids is 2. The van der Waals surface area contributed by atoms with Crippen LogP contribution in [0.2, 0.25) is 0 Å². The van der Waals surface area contributed by atoms with Crippen LogP contribution in [0.15, 0.2) is 0 Å². The van der Waals surface area contributed by atoms with Crippen molar-refractivity contribution >= 4 is 12.2 Å². The standard InChI is InChI=1S/C14H27NO6.C4H10/c1-13(2)14(17)11-21-10-9-20-8-7-19-6-5-18-4-3-15-12-16;1-4(2)3/h12-13H,3-11H2,1-2H3,(H,15,16);4H,1-3H3. The molecule has 0 radical (unpaired) electrons. The minimum Gasteiger partial charge on any atom is -0.377 e. The van der Waals surface area contributed by atoms with E-state index in [1.165, 1.54) is 0 Å². The van der Waals surface area contributed by atoms with E-state index in [4.69, 9.17) is 18.9 Å². The molecule has 0 atom stereocenters. The normalized spacial score (nSPS) is 10.5. The fraction of sp³-hybridized carbons (Fsp3) is 0.889. The molecule has 0 heterocycles. The smallest absolute Gasteiger partial charge is 0.207 e. The second-order valence-electron chi connectivity index (χ2n) is 6.31. The number of Topliss-reactive ketones (excluding diaryl/α,β-unsaturated/α-hetero) is 1. The highest BCUT2D eigenvalue weighted by molar-refractivity contribution is 5.81. The van der Waals surface area contributed by atoms with Crippen molar-refractivity contribution in [3.63, 3.8) is 0 Å². The van der Waals surface area contributed by atoms with Gasteiger partial charge >= 0.3 is 0 Å². The topological polar surface area (TPSA) is 83.1 Å². The van der Waals surface area contributed by atoms with Gasteiger partial charge in [0.2, 0.25) is 6.41 Å². The van der Waals surface area contributed by atoms with Crippen molar-refractivity contribution < 1.29 is 28.5 Å². The number of carbonyl (C=O) groups is 2. The number of amides is 1. The van der Waals surface area contributed by atoms with Gasteiger partial charge in [-0.3, -0.25) is 9.59 Å². The first-order valence-electron chi connectivity index (χ1n) is 8.92. The molecule has 0 aromatic heterocycles. The van der Waals surface area contributed by atoms with Gasteiger partial charge in [-0.2, -0.15) is 0 Å². The SMILES string of the molecule is CC(C)C.CC(C)C(=O)COCCOCCOCCOCCNC=O. The van der Waals surface area contributed by atoms with Crippen LogP contribution in [-0.4, -0.2) is 71.6 Å². The molecular formula is C18H37NO6. The largest absolute Gasteiger partial charge is 0.377 e. The van der Waals surface area contributed by atoms with Crippen LogP contribution in [0.3, 0.4) is 0 Å². The molecule has 150 valence electrons. The molecule has 0 unspecified atom stereocenters. The van der Waals surface area contributed by atoms with E-state index >= 15 is 0 Å². The molecular weight excluding hydrogens is 326 g/mol. The second kappa shape index (κ2) is 21.0. The Morgan fingerprint density at radius 2 is 1.20 bits per heavy atom. The Morgan fingerprint density at radius 1 is 0.800 bits per heavy atom. The van der Waals surface area contributed by atoms with Crippen molar-refractivity contribution in [2.45, 2.75) is 34.6 Å². The maximum absolute atomic E-state index is 11.2. The lowest BCUT2D eigenvalue weighted by molar-refractivity contribution is -0.127. The van der Waals surface area contributed by atoms with Crippen LogP contribution in [0.1, 0.15) is 34.6 Å². The number of ether oxygens (including phenoxy) is 4. The highest BCUT2D eigenvalue weighted by Gasteiger charge is 2.06. The van der Waals surface area contributed by atoms with Gasteiger partial charge in [0.05, 0.1) is 46.2 Å². The lowest BCUT2D eigenvalue weighted by atomic mass is 10.1. The predicted molar refractivity (Wildman–Crippen MR) is 97.7 cm³/mol. The molecule has 7 nitrogen and oxygen atoms in total. The summed E-state index contributed by atoms with van der Waals surface area (Å²) in [4.78, 5) is 21.2. The molecule has 25 heavy (non-hydrogen) atoms. The minimum absolute atomic E-state index is 0.00996. The summed E-state index contributed by atoms with van der Waals surface area (Å²) < 4.78 is 20.9. The van der Waals surface area contributed by atoms with Gasteiger partial charge in [0, 0.05) is 12.5 Å². The van der Waals surface area contributed by atoms with Gasteiger partial charge in [0.15, 0.2) is 5.78 Å². The Bertz CT molecular complexity index is 295. The van der Waals surface area contributed by atoms with E-state index in [-0.39, 0.29) is 18.3 Å². The summed E-state index contributed by atoms with van der Waals surface area (Å²) in [5.74, 6) is 0.942. The van der Waals surface area contributed by atoms with E-state index < -0.39 is 0 Å². The molecule has 0 aliphatic rings. The van der Waals surface area contributed by atoms with Gasteiger partial charge in [0.1, 0.15) is 6.61 Å². The van der Waals surface area contributed by atoms with Gasteiger partial charge in [0.25, 0.3) is 0 Å². The molecule has 7 heteroatoms. The van der Waals surface area contributed by atoms with E-state index in [1.807, 2.05) is 13.8 Å². The molecule has 0 spiro atoms. The Morgan fingerprint density at radius 3 is 1.60 bits per heavy atom. The van der Waals surface area contributed by atoms with E-state index in [9.17, 15) is 9.59 Å². The summed E-state index contributed by atoms with van der Waals surface area (Å²) in [5, 5.41) is 2.50. The third-order valence-electron chi connectivity index (χ3n) is 2.48. The summed E-state index contributed by atoms with van der Waals surface area (Å²) in [5.41, 5.74) is 0. The van der Waals surface area contributed by atoms with Crippen molar-refractivity contribution in [2.75, 3.05) is 59.4 Å². The van der Waals surface area contributed by atoms with Crippen LogP contribution < -0.4 is 5.32 Å². The Kier molecular flexibility index (Phi) is 22.0. The lowest BCUT2D eigenvalue weighted by Gasteiger charge is -2.08. The third kappa shape index (κ3) is 28.1. The number of ketones is 1. The molecule has 0 aliphatic heterocycles. The quantitative estimate of drug-likeness (QED) is 0.332. The molecule has 0 rings (SSSR count). The number of nitrogens with one attached hydrogen (secondary N) is 1. The first-order valence-corrected chi connectivity index (χ1v) is 8.92. The molecule has 0 aromatic carbocycles. The van der Waals surface area contributed by atoms with Crippen LogP contribution in [0, 0.1) is 11.8 Å². The molecule has 0 bridgehead atoms. The highest BCUT2D eigenvalue weighted by atomic mass is 16.6. The zero-order chi connectivity index (χ0) is 19.3. The second-order valence-corrected chi connectivity index (χ2v) is 6.31. The third-order valence-corrected chi connectivity index (χ3v) is 2.48. The van der Waals surface area contributed by atoms with Crippen molar-refractivity contribution in [2.24, 2.45) is 11.8 Å². The van der Waals surface area contributed by atoms with Gasteiger partial charge in [-0.1, -0.05) is 34.6 Å². The maximum atomic E-state index is 11.2. The van der Waals surface area contributed by atoms with E-state index in [2.05, 4.69) is 26.1 Å². The molecule has 1 amide bonds. The monoisotopic (exact) mass is 363 g/mol. The summed E-state index contributed by atoms with van der Waals surface area (Å²) in [6, 6.07) is 0. The molecule has 0 saturated carbocycles. The first-order chi connectivity index (χ1) is 11.9. The van der Waals surface area contributed by atoms with Gasteiger partial charge in [-0.25, -0.2) is 0 Å². The lowest BCUT2D eigenvalue weighted by Crippen LogP contribution is -2.19. The Labute approximate surface area is 152 Å². The van der Waals surface area contributed by atoms with Gasteiger partial charge in [-0.15, -0.1) is 0 Å². The van der Waals surface area contributed by atoms with Crippen LogP contribution in [0.4, 0.5) is 0 Å². The van der Waals surface area contributed by atoms with Crippen LogP contribution >= 0.6 is 0 Å². The average molecular weight is 363 g/mol. The van der Waals surface area contributed by atoms with Crippen LogP contribution in [-0.2, 0) is 28.5 Å². The van der Waals surface area contributed by atoms with Crippen molar-refractivity contribution in [3.05, 3.63) is 0 Å². The van der Waals surface area contributed by atoms with Crippen molar-refractivity contribution in [3.8, 4) is 0 Å². The van der Waals surface area contributed by atoms with Crippen molar-refractivity contribution in [1.29, 1.82) is 0 Å². The molecule has 0 fully saturated rings. The van der Waals surface area contributed by atoms with Crippen LogP contribution in [0.5, 0.6) is 0 Å². The highest BCUT2D eigenvalue weighted by Crippen LogP contribution is 1.94. The number of hydrogen-bond acceptors (Lipinski definition) is 6. The fourth-order valence-corrected chi connectivity index (χ4v) is 1.19. The van der Waals surface area contributed by atoms with E-state index in [0.717, 1.165) is 5.92 Å². The molecule has 0 aliphatic carbocycles. The first kappa shape index (κ1) is 26.2. The molecule has 0 aromatic rings. The van der Waals surface area contributed by atoms with Gasteiger partial charge < -0.3 is 24.3 Å².